The second-order valence-corrected chi connectivity index (χ2v) is 3.58. The summed E-state index contributed by atoms with van der Waals surface area (Å²) in [4.78, 5) is 15.2. The Morgan fingerprint density at radius 2 is 2.20 bits per heavy atom. The third-order valence-corrected chi connectivity index (χ3v) is 2.55. The maximum Gasteiger partial charge on any atom is 0.162 e. The molecule has 0 radical (unpaired) electrons. The van der Waals surface area contributed by atoms with Gasteiger partial charge < -0.3 is 0 Å². The predicted molar refractivity (Wildman–Crippen MR) is 56.7 cm³/mol. The van der Waals surface area contributed by atoms with Crippen LogP contribution >= 0.6 is 11.6 Å². The molecule has 0 N–H and O–H groups in total. The van der Waals surface area contributed by atoms with E-state index in [4.69, 9.17) is 11.6 Å². The summed E-state index contributed by atoms with van der Waals surface area (Å²) in [6.45, 7) is 1.40. The summed E-state index contributed by atoms with van der Waals surface area (Å²) < 4.78 is 13.0. The second kappa shape index (κ2) is 3.59. The molecular formula is C11H7ClFNO. The molecular weight excluding hydrogens is 217 g/mol. The van der Waals surface area contributed by atoms with Crippen molar-refractivity contribution in [1.29, 1.82) is 0 Å². The number of Topliss-reactive ketones (excluding diaryl/α,β-unsaturated/α-hetero) is 1. The van der Waals surface area contributed by atoms with Gasteiger partial charge in [0.2, 0.25) is 0 Å². The minimum absolute atomic E-state index is 0.182. The van der Waals surface area contributed by atoms with Crippen molar-refractivity contribution < 1.29 is 9.18 Å². The molecule has 1 aromatic carbocycles. The minimum atomic E-state index is -0.396. The van der Waals surface area contributed by atoms with E-state index in [1.165, 1.54) is 31.3 Å². The average Bonchev–Trinajstić information content (AvgIpc) is 2.19. The molecule has 0 spiro atoms. The first-order chi connectivity index (χ1) is 7.09. The van der Waals surface area contributed by atoms with E-state index in [1.54, 1.807) is 0 Å². The van der Waals surface area contributed by atoms with Gasteiger partial charge in [-0.05, 0) is 25.1 Å². The Kier molecular flexibility index (Phi) is 2.40. The number of pyridine rings is 1. The van der Waals surface area contributed by atoms with Crippen LogP contribution in [0.5, 0.6) is 0 Å². The Morgan fingerprint density at radius 1 is 1.47 bits per heavy atom. The maximum absolute atomic E-state index is 13.0. The summed E-state index contributed by atoms with van der Waals surface area (Å²) in [5.74, 6) is -0.578. The normalized spacial score (nSPS) is 10.6. The number of rotatable bonds is 1. The van der Waals surface area contributed by atoms with Gasteiger partial charge in [-0.2, -0.15) is 0 Å². The van der Waals surface area contributed by atoms with E-state index in [0.717, 1.165) is 0 Å². The summed E-state index contributed by atoms with van der Waals surface area (Å²) in [6, 6.07) is 4.11. The highest BCUT2D eigenvalue weighted by molar-refractivity contribution is 6.38. The maximum atomic E-state index is 13.0. The quantitative estimate of drug-likeness (QED) is 0.695. The lowest BCUT2D eigenvalue weighted by Crippen LogP contribution is -1.96. The van der Waals surface area contributed by atoms with Gasteiger partial charge in [-0.15, -0.1) is 0 Å². The summed E-state index contributed by atoms with van der Waals surface area (Å²) in [6.07, 6.45) is 1.41. The molecule has 0 bridgehead atoms. The predicted octanol–water partition coefficient (Wildman–Crippen LogP) is 3.23. The van der Waals surface area contributed by atoms with Crippen molar-refractivity contribution in [1.82, 2.24) is 4.98 Å². The largest absolute Gasteiger partial charge is 0.294 e. The zero-order chi connectivity index (χ0) is 11.0. The SMILES string of the molecule is CC(=O)c1cnc2ccc(F)cc2c1Cl. The number of ketones is 1. The number of fused-ring (bicyclic) bond motifs is 1. The van der Waals surface area contributed by atoms with Crippen LogP contribution in [-0.4, -0.2) is 10.8 Å². The Labute approximate surface area is 90.7 Å². The van der Waals surface area contributed by atoms with Gasteiger partial charge in [0, 0.05) is 11.6 Å². The summed E-state index contributed by atoms with van der Waals surface area (Å²) in [5, 5.41) is 0.719. The molecule has 2 nitrogen and oxygen atoms in total. The van der Waals surface area contributed by atoms with Crippen LogP contribution in [0.3, 0.4) is 0 Å². The molecule has 0 aliphatic rings. The highest BCUT2D eigenvalue weighted by atomic mass is 35.5. The van der Waals surface area contributed by atoms with Crippen LogP contribution < -0.4 is 0 Å². The molecule has 0 atom stereocenters. The molecule has 0 saturated heterocycles. The lowest BCUT2D eigenvalue weighted by atomic mass is 10.1. The van der Waals surface area contributed by atoms with Crippen LogP contribution in [0, 0.1) is 5.82 Å². The van der Waals surface area contributed by atoms with E-state index in [1.807, 2.05) is 0 Å². The van der Waals surface area contributed by atoms with Gasteiger partial charge in [-0.1, -0.05) is 11.6 Å². The third kappa shape index (κ3) is 1.70. The molecule has 0 amide bonds. The molecule has 76 valence electrons. The first-order valence-corrected chi connectivity index (χ1v) is 4.72. The van der Waals surface area contributed by atoms with Crippen molar-refractivity contribution in [2.45, 2.75) is 6.92 Å². The van der Waals surface area contributed by atoms with Gasteiger partial charge in [0.25, 0.3) is 0 Å². The highest BCUT2D eigenvalue weighted by Crippen LogP contribution is 2.26. The van der Waals surface area contributed by atoms with E-state index in [-0.39, 0.29) is 10.8 Å². The monoisotopic (exact) mass is 223 g/mol. The molecule has 15 heavy (non-hydrogen) atoms. The number of carbonyl (C=O) groups excluding carboxylic acids is 1. The van der Waals surface area contributed by atoms with Crippen molar-refractivity contribution in [2.75, 3.05) is 0 Å². The molecule has 4 heteroatoms. The average molecular weight is 224 g/mol. The number of aromatic nitrogens is 1. The fourth-order valence-corrected chi connectivity index (χ4v) is 1.71. The van der Waals surface area contributed by atoms with Gasteiger partial charge in [-0.25, -0.2) is 4.39 Å². The molecule has 0 unspecified atom stereocenters. The standard InChI is InChI=1S/C11H7ClFNO/c1-6(15)9-5-14-10-3-2-7(13)4-8(10)11(9)12/h2-5H,1H3. The zero-order valence-corrected chi connectivity index (χ0v) is 8.68. The van der Waals surface area contributed by atoms with Crippen molar-refractivity contribution in [2.24, 2.45) is 0 Å². The minimum Gasteiger partial charge on any atom is -0.294 e. The van der Waals surface area contributed by atoms with E-state index in [9.17, 15) is 9.18 Å². The number of halogens is 2. The number of carbonyl (C=O) groups is 1. The fourth-order valence-electron chi connectivity index (χ4n) is 1.38. The van der Waals surface area contributed by atoms with E-state index in [2.05, 4.69) is 4.98 Å². The van der Waals surface area contributed by atoms with Gasteiger partial charge in [0.15, 0.2) is 5.78 Å². The number of hydrogen-bond donors (Lipinski definition) is 0. The van der Waals surface area contributed by atoms with Gasteiger partial charge in [-0.3, -0.25) is 9.78 Å². The first-order valence-electron chi connectivity index (χ1n) is 4.34. The number of nitrogens with zero attached hydrogens (tertiary/aromatic N) is 1. The summed E-state index contributed by atoms with van der Waals surface area (Å²) in [7, 11) is 0. The Balaban J connectivity index is 2.82. The number of hydrogen-bond acceptors (Lipinski definition) is 2. The Morgan fingerprint density at radius 3 is 2.87 bits per heavy atom. The van der Waals surface area contributed by atoms with E-state index < -0.39 is 5.82 Å². The van der Waals surface area contributed by atoms with E-state index in [0.29, 0.717) is 16.5 Å². The van der Waals surface area contributed by atoms with Gasteiger partial charge >= 0.3 is 0 Å². The molecule has 0 aliphatic heterocycles. The van der Waals surface area contributed by atoms with Crippen LogP contribution in [-0.2, 0) is 0 Å². The van der Waals surface area contributed by atoms with Crippen molar-refractivity contribution in [3.05, 3.63) is 40.8 Å². The highest BCUT2D eigenvalue weighted by Gasteiger charge is 2.10. The van der Waals surface area contributed by atoms with Crippen molar-refractivity contribution in [3.63, 3.8) is 0 Å². The Bertz CT molecular complexity index is 554. The molecule has 1 aromatic heterocycles. The summed E-state index contributed by atoms with van der Waals surface area (Å²) in [5.41, 5.74) is 0.890. The lowest BCUT2D eigenvalue weighted by Gasteiger charge is -2.03. The van der Waals surface area contributed by atoms with Gasteiger partial charge in [0.1, 0.15) is 5.82 Å². The molecule has 0 saturated carbocycles. The van der Waals surface area contributed by atoms with Crippen LogP contribution in [0.1, 0.15) is 17.3 Å². The lowest BCUT2D eigenvalue weighted by molar-refractivity contribution is 0.101. The van der Waals surface area contributed by atoms with Crippen LogP contribution in [0.4, 0.5) is 4.39 Å². The zero-order valence-electron chi connectivity index (χ0n) is 7.92. The van der Waals surface area contributed by atoms with Crippen LogP contribution in [0.25, 0.3) is 10.9 Å². The second-order valence-electron chi connectivity index (χ2n) is 3.20. The van der Waals surface area contributed by atoms with Crippen molar-refractivity contribution in [3.8, 4) is 0 Å². The molecule has 0 aliphatic carbocycles. The fraction of sp³-hybridized carbons (Fsp3) is 0.0909. The molecule has 2 rings (SSSR count). The molecule has 0 fully saturated rings. The smallest absolute Gasteiger partial charge is 0.162 e. The number of benzene rings is 1. The first kappa shape index (κ1) is 10.1. The van der Waals surface area contributed by atoms with E-state index >= 15 is 0 Å². The molecule has 2 aromatic rings. The molecule has 1 heterocycles. The third-order valence-electron chi connectivity index (χ3n) is 2.14. The van der Waals surface area contributed by atoms with Gasteiger partial charge in [0.05, 0.1) is 16.1 Å². The van der Waals surface area contributed by atoms with Crippen LogP contribution in [0.2, 0.25) is 5.02 Å². The van der Waals surface area contributed by atoms with Crippen LogP contribution in [0.15, 0.2) is 24.4 Å². The Hall–Kier alpha value is -1.48. The summed E-state index contributed by atoms with van der Waals surface area (Å²) >= 11 is 5.98. The topological polar surface area (TPSA) is 30.0 Å². The van der Waals surface area contributed by atoms with Crippen molar-refractivity contribution >= 4 is 28.3 Å².